The molecule has 0 amide bonds. The van der Waals surface area contributed by atoms with Gasteiger partial charge in [-0.25, -0.2) is 13.4 Å². The highest BCUT2D eigenvalue weighted by Gasteiger charge is 2.28. The molecule has 3 aromatic carbocycles. The molecular formula is C25H22N2O4S2. The molecule has 0 radical (unpaired) electrons. The van der Waals surface area contributed by atoms with Gasteiger partial charge in [0, 0.05) is 17.0 Å². The molecule has 0 spiro atoms. The van der Waals surface area contributed by atoms with Crippen LogP contribution in [0.25, 0.3) is 10.6 Å². The Morgan fingerprint density at radius 2 is 1.67 bits per heavy atom. The highest BCUT2D eigenvalue weighted by Crippen LogP contribution is 2.35. The summed E-state index contributed by atoms with van der Waals surface area (Å²) in [5.41, 5.74) is 3.31. The highest BCUT2D eigenvalue weighted by atomic mass is 32.2. The third-order valence-corrected chi connectivity index (χ3v) is 8.01. The molecule has 33 heavy (non-hydrogen) atoms. The molecule has 0 bridgehead atoms. The van der Waals surface area contributed by atoms with E-state index in [4.69, 9.17) is 14.5 Å². The molecule has 0 atom stereocenters. The number of anilines is 1. The lowest BCUT2D eigenvalue weighted by molar-refractivity contribution is 0.171. The molecule has 0 unspecified atom stereocenters. The summed E-state index contributed by atoms with van der Waals surface area (Å²) in [6, 6.07) is 22.0. The zero-order valence-corrected chi connectivity index (χ0v) is 19.6. The number of hydrogen-bond acceptors (Lipinski definition) is 6. The van der Waals surface area contributed by atoms with E-state index < -0.39 is 10.0 Å². The third-order valence-electron chi connectivity index (χ3n) is 5.30. The molecule has 8 heteroatoms. The van der Waals surface area contributed by atoms with E-state index in [0.717, 1.165) is 16.1 Å². The summed E-state index contributed by atoms with van der Waals surface area (Å²) >= 11 is 1.50. The van der Waals surface area contributed by atoms with Gasteiger partial charge in [0.1, 0.15) is 18.2 Å². The second kappa shape index (κ2) is 8.88. The number of aromatic nitrogens is 1. The maximum Gasteiger partial charge on any atom is 0.264 e. The second-order valence-electron chi connectivity index (χ2n) is 7.66. The molecule has 0 aliphatic carbocycles. The number of nitrogens with zero attached hydrogens (tertiary/aromatic N) is 2. The number of aryl methyl sites for hydroxylation is 1. The van der Waals surface area contributed by atoms with Crippen LogP contribution in [0.5, 0.6) is 11.5 Å². The van der Waals surface area contributed by atoms with Crippen molar-refractivity contribution in [1.29, 1.82) is 0 Å². The van der Waals surface area contributed by atoms with Crippen LogP contribution in [0.3, 0.4) is 0 Å². The smallest absolute Gasteiger partial charge is 0.264 e. The number of ether oxygens (including phenoxy) is 2. The summed E-state index contributed by atoms with van der Waals surface area (Å²) < 4.78 is 40.1. The van der Waals surface area contributed by atoms with Crippen molar-refractivity contribution in [1.82, 2.24) is 4.98 Å². The molecule has 168 valence electrons. The van der Waals surface area contributed by atoms with Crippen molar-refractivity contribution in [3.8, 4) is 22.1 Å². The SMILES string of the molecule is Cc1ccc(N(Cc2csc(-c3ccccc3)n2)S(=O)(=O)c2ccc3c(c2)OCCO3)cc1. The Balaban J connectivity index is 1.52. The van der Waals surface area contributed by atoms with Gasteiger partial charge in [0.25, 0.3) is 10.0 Å². The fourth-order valence-corrected chi connectivity index (χ4v) is 5.85. The molecule has 2 heterocycles. The molecule has 0 saturated heterocycles. The molecule has 1 aliphatic heterocycles. The predicted molar refractivity (Wildman–Crippen MR) is 130 cm³/mol. The van der Waals surface area contributed by atoms with Gasteiger partial charge in [-0.05, 0) is 31.2 Å². The minimum atomic E-state index is -3.89. The van der Waals surface area contributed by atoms with E-state index in [1.54, 1.807) is 12.1 Å². The van der Waals surface area contributed by atoms with Crippen LogP contribution < -0.4 is 13.8 Å². The van der Waals surface area contributed by atoms with Gasteiger partial charge in [0.15, 0.2) is 11.5 Å². The molecule has 0 saturated carbocycles. The quantitative estimate of drug-likeness (QED) is 0.377. The number of thiazole rings is 1. The van der Waals surface area contributed by atoms with Gasteiger partial charge in [-0.15, -0.1) is 11.3 Å². The van der Waals surface area contributed by atoms with E-state index in [-0.39, 0.29) is 11.4 Å². The van der Waals surface area contributed by atoms with Crippen molar-refractivity contribution in [2.45, 2.75) is 18.4 Å². The van der Waals surface area contributed by atoms with Crippen molar-refractivity contribution >= 4 is 27.0 Å². The van der Waals surface area contributed by atoms with E-state index in [1.807, 2.05) is 66.9 Å². The molecular weight excluding hydrogens is 456 g/mol. The predicted octanol–water partition coefficient (Wildman–Crippen LogP) is 5.29. The fourth-order valence-electron chi connectivity index (χ4n) is 3.58. The van der Waals surface area contributed by atoms with E-state index in [1.165, 1.54) is 21.7 Å². The lowest BCUT2D eigenvalue weighted by Crippen LogP contribution is -2.31. The zero-order valence-electron chi connectivity index (χ0n) is 18.0. The van der Waals surface area contributed by atoms with Crippen LogP contribution in [0.4, 0.5) is 5.69 Å². The standard InChI is InChI=1S/C25H22N2O4S2/c1-18-7-9-21(10-8-18)27(16-20-17-32-25(26-20)19-5-3-2-4-6-19)33(28,29)22-11-12-23-24(15-22)31-14-13-30-23/h2-12,15,17H,13-14,16H2,1H3. The first kappa shape index (κ1) is 21.5. The van der Waals surface area contributed by atoms with Crippen LogP contribution in [0.15, 0.2) is 83.1 Å². The van der Waals surface area contributed by atoms with Crippen molar-refractivity contribution < 1.29 is 17.9 Å². The molecule has 4 aromatic rings. The van der Waals surface area contributed by atoms with Gasteiger partial charge < -0.3 is 9.47 Å². The normalized spacial score (nSPS) is 13.0. The van der Waals surface area contributed by atoms with E-state index >= 15 is 0 Å². The maximum absolute atomic E-state index is 13.8. The Labute approximate surface area is 197 Å². The van der Waals surface area contributed by atoms with Gasteiger partial charge in [0.05, 0.1) is 22.8 Å². The average molecular weight is 479 g/mol. The monoisotopic (exact) mass is 478 g/mol. The van der Waals surface area contributed by atoms with Crippen molar-refractivity contribution in [2.75, 3.05) is 17.5 Å². The first-order valence-corrected chi connectivity index (χ1v) is 12.8. The Morgan fingerprint density at radius 3 is 2.42 bits per heavy atom. The van der Waals surface area contributed by atoms with Gasteiger partial charge >= 0.3 is 0 Å². The summed E-state index contributed by atoms with van der Waals surface area (Å²) in [5, 5.41) is 2.76. The lowest BCUT2D eigenvalue weighted by Gasteiger charge is -2.25. The Morgan fingerprint density at radius 1 is 0.939 bits per heavy atom. The van der Waals surface area contributed by atoms with Gasteiger partial charge in [-0.1, -0.05) is 48.0 Å². The number of sulfonamides is 1. The lowest BCUT2D eigenvalue weighted by atomic mass is 10.2. The zero-order chi connectivity index (χ0) is 22.8. The summed E-state index contributed by atoms with van der Waals surface area (Å²) in [6.07, 6.45) is 0. The highest BCUT2D eigenvalue weighted by molar-refractivity contribution is 7.92. The van der Waals surface area contributed by atoms with Crippen LogP contribution in [0, 0.1) is 6.92 Å². The van der Waals surface area contributed by atoms with Gasteiger partial charge in [0.2, 0.25) is 0 Å². The first-order chi connectivity index (χ1) is 16.0. The maximum atomic E-state index is 13.8. The average Bonchev–Trinajstić information content (AvgIpc) is 3.32. The second-order valence-corrected chi connectivity index (χ2v) is 10.4. The van der Waals surface area contributed by atoms with E-state index in [9.17, 15) is 8.42 Å². The summed E-state index contributed by atoms with van der Waals surface area (Å²) in [5.74, 6) is 0.986. The third kappa shape index (κ3) is 4.44. The van der Waals surface area contributed by atoms with Crippen molar-refractivity contribution in [3.63, 3.8) is 0 Å². The van der Waals surface area contributed by atoms with Crippen LogP contribution >= 0.6 is 11.3 Å². The molecule has 0 fully saturated rings. The number of benzene rings is 3. The largest absolute Gasteiger partial charge is 0.486 e. The minimum absolute atomic E-state index is 0.114. The first-order valence-electron chi connectivity index (χ1n) is 10.5. The molecule has 6 nitrogen and oxygen atoms in total. The minimum Gasteiger partial charge on any atom is -0.486 e. The van der Waals surface area contributed by atoms with Crippen molar-refractivity contribution in [2.24, 2.45) is 0 Å². The van der Waals surface area contributed by atoms with E-state index in [2.05, 4.69) is 0 Å². The van der Waals surface area contributed by atoms with Crippen LogP contribution in [-0.4, -0.2) is 26.6 Å². The summed E-state index contributed by atoms with van der Waals surface area (Å²) in [6.45, 7) is 2.92. The summed E-state index contributed by atoms with van der Waals surface area (Å²) in [4.78, 5) is 4.85. The number of hydrogen-bond donors (Lipinski definition) is 0. The molecule has 1 aromatic heterocycles. The summed E-state index contributed by atoms with van der Waals surface area (Å²) in [7, 11) is -3.89. The Hall–Kier alpha value is -3.36. The topological polar surface area (TPSA) is 68.7 Å². The van der Waals surface area contributed by atoms with Crippen LogP contribution in [0.2, 0.25) is 0 Å². The van der Waals surface area contributed by atoms with Crippen molar-refractivity contribution in [3.05, 3.63) is 89.4 Å². The Bertz CT molecular complexity index is 1370. The van der Waals surface area contributed by atoms with Crippen LogP contribution in [-0.2, 0) is 16.6 Å². The van der Waals surface area contributed by atoms with Gasteiger partial charge in [-0.2, -0.15) is 0 Å². The molecule has 5 rings (SSSR count). The van der Waals surface area contributed by atoms with Crippen LogP contribution in [0.1, 0.15) is 11.3 Å². The van der Waals surface area contributed by atoms with E-state index in [0.29, 0.717) is 36.1 Å². The number of fused-ring (bicyclic) bond motifs is 1. The van der Waals surface area contributed by atoms with Gasteiger partial charge in [-0.3, -0.25) is 4.31 Å². The molecule has 0 N–H and O–H groups in total. The number of rotatable bonds is 6. The fraction of sp³-hybridized carbons (Fsp3) is 0.160. The molecule has 1 aliphatic rings. The Kier molecular flexibility index (Phi) is 5.78.